The summed E-state index contributed by atoms with van der Waals surface area (Å²) in [5, 5.41) is 3.26. The number of nitrogens with one attached hydrogen (secondary N) is 1. The highest BCUT2D eigenvalue weighted by atomic mass is 16.1. The molecule has 3 aromatic carbocycles. The van der Waals surface area contributed by atoms with Gasteiger partial charge in [-0.1, -0.05) is 54.6 Å². The van der Waals surface area contributed by atoms with Crippen molar-refractivity contribution in [1.29, 1.82) is 0 Å². The first-order chi connectivity index (χ1) is 11.2. The molecule has 1 heterocycles. The molecular weight excluding hydrogens is 284 g/mol. The number of pyridine rings is 1. The topological polar surface area (TPSA) is 34.0 Å². The van der Waals surface area contributed by atoms with E-state index in [0.29, 0.717) is 0 Å². The average Bonchev–Trinajstić information content (AvgIpc) is 2.59. The smallest absolute Gasteiger partial charge is 0.269 e. The predicted molar refractivity (Wildman–Crippen MR) is 95.9 cm³/mol. The van der Waals surface area contributed by atoms with Gasteiger partial charge in [0.25, 0.3) is 5.56 Å². The monoisotopic (exact) mass is 300 g/mol. The molecule has 4 aromatic rings. The maximum atomic E-state index is 12.6. The first kappa shape index (κ1) is 13.6. The molecule has 0 aliphatic carbocycles. The highest BCUT2D eigenvalue weighted by molar-refractivity contribution is 6.06. The zero-order valence-electron chi connectivity index (χ0n) is 12.8. The van der Waals surface area contributed by atoms with Crippen LogP contribution in [0.25, 0.3) is 21.7 Å². The van der Waals surface area contributed by atoms with Crippen LogP contribution in [0.2, 0.25) is 0 Å². The fourth-order valence-corrected chi connectivity index (χ4v) is 3.00. The Morgan fingerprint density at radius 1 is 0.826 bits per heavy atom. The van der Waals surface area contributed by atoms with Gasteiger partial charge in [-0.25, -0.2) is 4.68 Å². The van der Waals surface area contributed by atoms with Crippen LogP contribution < -0.4 is 11.0 Å². The summed E-state index contributed by atoms with van der Waals surface area (Å²) >= 11 is 0. The number of nitrogens with zero attached hydrogens (tertiary/aromatic N) is 1. The van der Waals surface area contributed by atoms with Gasteiger partial charge in [-0.2, -0.15) is 0 Å². The molecule has 3 heteroatoms. The van der Waals surface area contributed by atoms with Crippen molar-refractivity contribution in [2.75, 3.05) is 5.43 Å². The molecule has 0 unspecified atom stereocenters. The predicted octanol–water partition coefficient (Wildman–Crippen LogP) is 4.34. The molecule has 0 spiro atoms. The Kier molecular flexibility index (Phi) is 3.12. The maximum absolute atomic E-state index is 12.6. The van der Waals surface area contributed by atoms with E-state index in [-0.39, 0.29) is 5.56 Å². The lowest BCUT2D eigenvalue weighted by molar-refractivity contribution is 0.946. The van der Waals surface area contributed by atoms with Crippen molar-refractivity contribution in [1.82, 2.24) is 4.68 Å². The molecule has 0 amide bonds. The van der Waals surface area contributed by atoms with Gasteiger partial charge in [0.1, 0.15) is 0 Å². The second kappa shape index (κ2) is 5.29. The summed E-state index contributed by atoms with van der Waals surface area (Å²) in [4.78, 5) is 12.6. The summed E-state index contributed by atoms with van der Waals surface area (Å²) in [5.41, 5.74) is 5.96. The van der Waals surface area contributed by atoms with Crippen molar-refractivity contribution in [2.45, 2.75) is 6.92 Å². The quantitative estimate of drug-likeness (QED) is 0.559. The molecular formula is C20H16N2O. The van der Waals surface area contributed by atoms with E-state index in [4.69, 9.17) is 0 Å². The van der Waals surface area contributed by atoms with E-state index in [0.717, 1.165) is 32.9 Å². The van der Waals surface area contributed by atoms with Crippen molar-refractivity contribution in [3.63, 3.8) is 0 Å². The van der Waals surface area contributed by atoms with E-state index in [2.05, 4.69) is 29.7 Å². The SMILES string of the molecule is Cc1cc(=O)n(Nc2ccccc2)c2c1ccc1ccccc12. The number of benzene rings is 3. The molecule has 4 rings (SSSR count). The van der Waals surface area contributed by atoms with E-state index in [9.17, 15) is 4.79 Å². The van der Waals surface area contributed by atoms with E-state index in [1.165, 1.54) is 0 Å². The Morgan fingerprint density at radius 2 is 1.57 bits per heavy atom. The number of rotatable bonds is 2. The molecule has 0 aliphatic heterocycles. The van der Waals surface area contributed by atoms with E-state index < -0.39 is 0 Å². The van der Waals surface area contributed by atoms with Gasteiger partial charge in [0, 0.05) is 16.8 Å². The zero-order valence-corrected chi connectivity index (χ0v) is 12.8. The van der Waals surface area contributed by atoms with Crippen molar-refractivity contribution >= 4 is 27.4 Å². The third-order valence-corrected chi connectivity index (χ3v) is 4.12. The third kappa shape index (κ3) is 2.27. The maximum Gasteiger partial charge on any atom is 0.269 e. The molecule has 0 atom stereocenters. The van der Waals surface area contributed by atoms with Gasteiger partial charge in [0.2, 0.25) is 0 Å². The highest BCUT2D eigenvalue weighted by Crippen LogP contribution is 2.26. The van der Waals surface area contributed by atoms with Crippen LogP contribution in [0.5, 0.6) is 0 Å². The largest absolute Gasteiger partial charge is 0.291 e. The highest BCUT2D eigenvalue weighted by Gasteiger charge is 2.10. The van der Waals surface area contributed by atoms with Gasteiger partial charge in [-0.05, 0) is 30.0 Å². The van der Waals surface area contributed by atoms with Gasteiger partial charge in [0.05, 0.1) is 11.2 Å². The standard InChI is InChI=1S/C20H16N2O/c1-14-13-19(23)22(21-16-8-3-2-4-9-16)20-17(14)12-11-15-7-5-6-10-18(15)20/h2-13,21H,1H3. The van der Waals surface area contributed by atoms with Crippen LogP contribution in [-0.4, -0.2) is 4.68 Å². The van der Waals surface area contributed by atoms with Gasteiger partial charge in [0.15, 0.2) is 0 Å². The zero-order chi connectivity index (χ0) is 15.8. The molecule has 0 saturated carbocycles. The average molecular weight is 300 g/mol. The number of aromatic nitrogens is 1. The van der Waals surface area contributed by atoms with E-state index in [1.807, 2.05) is 49.4 Å². The van der Waals surface area contributed by atoms with Gasteiger partial charge < -0.3 is 0 Å². The van der Waals surface area contributed by atoms with Gasteiger partial charge >= 0.3 is 0 Å². The summed E-state index contributed by atoms with van der Waals surface area (Å²) in [5.74, 6) is 0. The summed E-state index contributed by atoms with van der Waals surface area (Å²) in [6.45, 7) is 1.98. The first-order valence-electron chi connectivity index (χ1n) is 7.60. The number of aryl methyl sites for hydroxylation is 1. The fourth-order valence-electron chi connectivity index (χ4n) is 3.00. The Morgan fingerprint density at radius 3 is 2.39 bits per heavy atom. The first-order valence-corrected chi connectivity index (χ1v) is 7.60. The fraction of sp³-hybridized carbons (Fsp3) is 0.0500. The number of para-hydroxylation sites is 1. The Hall–Kier alpha value is -3.07. The second-order valence-electron chi connectivity index (χ2n) is 5.66. The van der Waals surface area contributed by atoms with Gasteiger partial charge in [-0.15, -0.1) is 0 Å². The lowest BCUT2D eigenvalue weighted by atomic mass is 10.0. The molecule has 0 radical (unpaired) electrons. The Labute approximate surface area is 133 Å². The van der Waals surface area contributed by atoms with Crippen LogP contribution in [0.15, 0.2) is 77.6 Å². The summed E-state index contributed by atoms with van der Waals surface area (Å²) in [6.07, 6.45) is 0. The van der Waals surface area contributed by atoms with Crippen LogP contribution in [0, 0.1) is 6.92 Å². The molecule has 1 N–H and O–H groups in total. The van der Waals surface area contributed by atoms with Crippen molar-refractivity contribution < 1.29 is 0 Å². The number of anilines is 1. The van der Waals surface area contributed by atoms with Crippen molar-refractivity contribution in [3.8, 4) is 0 Å². The Balaban J connectivity index is 2.09. The van der Waals surface area contributed by atoms with Crippen molar-refractivity contribution in [3.05, 3.63) is 88.7 Å². The van der Waals surface area contributed by atoms with E-state index >= 15 is 0 Å². The normalized spacial score (nSPS) is 11.0. The minimum Gasteiger partial charge on any atom is -0.291 e. The van der Waals surface area contributed by atoms with Crippen LogP contribution in [-0.2, 0) is 0 Å². The lowest BCUT2D eigenvalue weighted by Crippen LogP contribution is -2.26. The van der Waals surface area contributed by atoms with Crippen LogP contribution in [0.4, 0.5) is 5.69 Å². The van der Waals surface area contributed by atoms with Crippen LogP contribution in [0.3, 0.4) is 0 Å². The minimum absolute atomic E-state index is 0.0600. The molecule has 0 bridgehead atoms. The molecule has 0 fully saturated rings. The second-order valence-corrected chi connectivity index (χ2v) is 5.66. The van der Waals surface area contributed by atoms with Crippen LogP contribution in [0.1, 0.15) is 5.56 Å². The molecule has 112 valence electrons. The van der Waals surface area contributed by atoms with Gasteiger partial charge in [-0.3, -0.25) is 10.2 Å². The van der Waals surface area contributed by atoms with Crippen molar-refractivity contribution in [2.24, 2.45) is 0 Å². The Bertz CT molecular complexity index is 1070. The molecule has 3 nitrogen and oxygen atoms in total. The summed E-state index contributed by atoms with van der Waals surface area (Å²) < 4.78 is 1.64. The minimum atomic E-state index is -0.0600. The molecule has 0 saturated heterocycles. The number of hydrogen-bond donors (Lipinski definition) is 1. The lowest BCUT2D eigenvalue weighted by Gasteiger charge is -2.16. The number of hydrogen-bond acceptors (Lipinski definition) is 2. The number of fused-ring (bicyclic) bond motifs is 3. The summed E-state index contributed by atoms with van der Waals surface area (Å²) in [6, 6.07) is 23.7. The third-order valence-electron chi connectivity index (χ3n) is 4.12. The van der Waals surface area contributed by atoms with Crippen LogP contribution >= 0.6 is 0 Å². The summed E-state index contributed by atoms with van der Waals surface area (Å²) in [7, 11) is 0. The van der Waals surface area contributed by atoms with E-state index in [1.54, 1.807) is 10.7 Å². The molecule has 23 heavy (non-hydrogen) atoms. The molecule has 1 aromatic heterocycles. The molecule has 0 aliphatic rings.